The first-order valence-corrected chi connectivity index (χ1v) is 9.35. The second-order valence-corrected chi connectivity index (χ2v) is 7.30. The Kier molecular flexibility index (Phi) is 3.99. The van der Waals surface area contributed by atoms with Gasteiger partial charge in [-0.15, -0.1) is 0 Å². The van der Waals surface area contributed by atoms with Crippen LogP contribution in [0.2, 0.25) is 0 Å². The molecule has 1 N–H and O–H groups in total. The zero-order valence-electron chi connectivity index (χ0n) is 16.4. The van der Waals surface area contributed by atoms with Crippen molar-refractivity contribution in [2.24, 2.45) is 0 Å². The fourth-order valence-corrected chi connectivity index (χ4v) is 4.53. The molecule has 0 radical (unpaired) electrons. The largest absolute Gasteiger partial charge is 0.504 e. The summed E-state index contributed by atoms with van der Waals surface area (Å²) < 4.78 is 27.5. The van der Waals surface area contributed by atoms with Gasteiger partial charge >= 0.3 is 5.97 Å². The van der Waals surface area contributed by atoms with Gasteiger partial charge in [-0.2, -0.15) is 0 Å². The summed E-state index contributed by atoms with van der Waals surface area (Å²) in [5, 5.41) is 11.0. The lowest BCUT2D eigenvalue weighted by Crippen LogP contribution is -2.36. The average Bonchev–Trinajstić information content (AvgIpc) is 3.32. The van der Waals surface area contributed by atoms with Crippen LogP contribution in [0.4, 0.5) is 0 Å². The number of hydrogen-bond acceptors (Lipinski definition) is 8. The zero-order valence-corrected chi connectivity index (χ0v) is 16.4. The number of cyclic esters (lactones) is 1. The molecule has 0 amide bonds. The Morgan fingerprint density at radius 1 is 1.21 bits per heavy atom. The highest BCUT2D eigenvalue weighted by Gasteiger charge is 2.45. The molecule has 8 nitrogen and oxygen atoms in total. The fraction of sp³-hybridized carbons (Fsp3) is 0.381. The fourth-order valence-electron chi connectivity index (χ4n) is 4.53. The summed E-state index contributed by atoms with van der Waals surface area (Å²) in [6.45, 7) is 0.817. The van der Waals surface area contributed by atoms with E-state index < -0.39 is 12.1 Å². The molecule has 29 heavy (non-hydrogen) atoms. The van der Waals surface area contributed by atoms with Crippen LogP contribution in [0.5, 0.6) is 28.7 Å². The molecule has 5 rings (SSSR count). The maximum absolute atomic E-state index is 12.8. The summed E-state index contributed by atoms with van der Waals surface area (Å²) in [5.74, 6) is 1.26. The van der Waals surface area contributed by atoms with E-state index in [1.807, 2.05) is 19.2 Å². The maximum Gasteiger partial charge on any atom is 0.343 e. The number of esters is 1. The number of aromatic hydroxyl groups is 1. The lowest BCUT2D eigenvalue weighted by atomic mass is 9.85. The second-order valence-electron chi connectivity index (χ2n) is 7.30. The summed E-state index contributed by atoms with van der Waals surface area (Å²) >= 11 is 0. The molecule has 3 aliphatic heterocycles. The lowest BCUT2D eigenvalue weighted by Gasteiger charge is -2.38. The van der Waals surface area contributed by atoms with E-state index in [1.54, 1.807) is 6.07 Å². The normalized spacial score (nSPS) is 22.1. The number of phenolic OH excluding ortho intramolecular Hbond substituents is 1. The molecule has 2 aromatic carbocycles. The minimum absolute atomic E-state index is 0.0384. The standard InChI is InChI=1S/C21H21NO7/c1-22-7-6-10-8-13-20(28-9-27-13)17(23)14(10)16(22)18-11-4-5-12(25-2)19(26-3)15(11)21(24)29-18/h4-5,8,16,18,23H,6-7,9H2,1-3H3/t16?,18-/m0/s1. The number of fused-ring (bicyclic) bond motifs is 3. The van der Waals surface area contributed by atoms with Crippen molar-refractivity contribution in [3.05, 3.63) is 40.5 Å². The predicted molar refractivity (Wildman–Crippen MR) is 101 cm³/mol. The molecule has 0 bridgehead atoms. The summed E-state index contributed by atoms with van der Waals surface area (Å²) in [7, 11) is 4.96. The van der Waals surface area contributed by atoms with Crippen molar-refractivity contribution in [3.63, 3.8) is 0 Å². The van der Waals surface area contributed by atoms with Crippen LogP contribution < -0.4 is 18.9 Å². The van der Waals surface area contributed by atoms with E-state index in [0.29, 0.717) is 39.7 Å². The summed E-state index contributed by atoms with van der Waals surface area (Å²) in [5.41, 5.74) is 2.72. The first-order chi connectivity index (χ1) is 14.0. The van der Waals surface area contributed by atoms with Gasteiger partial charge in [0.05, 0.1) is 20.3 Å². The topological polar surface area (TPSA) is 86.7 Å². The molecule has 3 aliphatic rings. The van der Waals surface area contributed by atoms with Crippen LogP contribution in [0.15, 0.2) is 18.2 Å². The van der Waals surface area contributed by atoms with Gasteiger partial charge in [-0.3, -0.25) is 4.90 Å². The number of benzene rings is 2. The number of rotatable bonds is 3. The number of carbonyl (C=O) groups is 1. The van der Waals surface area contributed by atoms with Crippen LogP contribution in [-0.4, -0.2) is 50.6 Å². The Bertz CT molecular complexity index is 1020. The van der Waals surface area contributed by atoms with E-state index in [-0.39, 0.29) is 18.6 Å². The summed E-state index contributed by atoms with van der Waals surface area (Å²) in [6, 6.07) is 5.11. The molecular weight excluding hydrogens is 378 g/mol. The smallest absolute Gasteiger partial charge is 0.343 e. The highest BCUT2D eigenvalue weighted by Crippen LogP contribution is 2.54. The van der Waals surface area contributed by atoms with Crippen molar-refractivity contribution < 1.29 is 33.6 Å². The van der Waals surface area contributed by atoms with Gasteiger partial charge in [-0.25, -0.2) is 4.79 Å². The molecule has 152 valence electrons. The Labute approximate surface area is 167 Å². The number of nitrogens with zero attached hydrogens (tertiary/aromatic N) is 1. The molecule has 0 spiro atoms. The Balaban J connectivity index is 1.67. The van der Waals surface area contributed by atoms with E-state index in [1.165, 1.54) is 14.2 Å². The molecule has 0 saturated carbocycles. The Morgan fingerprint density at radius 3 is 2.79 bits per heavy atom. The van der Waals surface area contributed by atoms with Crippen molar-refractivity contribution >= 4 is 5.97 Å². The first kappa shape index (κ1) is 17.9. The van der Waals surface area contributed by atoms with Gasteiger partial charge in [-0.1, -0.05) is 6.07 Å². The van der Waals surface area contributed by atoms with Crippen LogP contribution in [0.1, 0.15) is 39.2 Å². The third-order valence-corrected chi connectivity index (χ3v) is 5.88. The number of methoxy groups -OCH3 is 2. The third kappa shape index (κ3) is 2.45. The molecule has 3 heterocycles. The van der Waals surface area contributed by atoms with Crippen molar-refractivity contribution in [1.29, 1.82) is 0 Å². The number of carbonyl (C=O) groups excluding carboxylic acids is 1. The van der Waals surface area contributed by atoms with Gasteiger partial charge in [0.15, 0.2) is 23.0 Å². The Morgan fingerprint density at radius 2 is 2.03 bits per heavy atom. The van der Waals surface area contributed by atoms with Crippen LogP contribution in [0, 0.1) is 0 Å². The van der Waals surface area contributed by atoms with Crippen LogP contribution in [0.3, 0.4) is 0 Å². The van der Waals surface area contributed by atoms with Crippen LogP contribution in [0.25, 0.3) is 0 Å². The molecule has 2 aromatic rings. The van der Waals surface area contributed by atoms with Gasteiger partial charge in [-0.05, 0) is 31.2 Å². The number of hydrogen-bond donors (Lipinski definition) is 1. The highest BCUT2D eigenvalue weighted by atomic mass is 16.7. The maximum atomic E-state index is 12.8. The van der Waals surface area contributed by atoms with Gasteiger partial charge in [0.1, 0.15) is 11.7 Å². The van der Waals surface area contributed by atoms with Gasteiger partial charge < -0.3 is 28.8 Å². The lowest BCUT2D eigenvalue weighted by molar-refractivity contribution is 0.00872. The highest BCUT2D eigenvalue weighted by molar-refractivity contribution is 5.98. The second kappa shape index (κ2) is 6.45. The number of likely N-dealkylation sites (N-methyl/N-ethyl adjacent to an activating group) is 1. The minimum atomic E-state index is -0.604. The van der Waals surface area contributed by atoms with Gasteiger partial charge in [0.25, 0.3) is 0 Å². The van der Waals surface area contributed by atoms with Crippen molar-refractivity contribution in [2.45, 2.75) is 18.6 Å². The molecule has 0 aromatic heterocycles. The number of ether oxygens (including phenoxy) is 5. The van der Waals surface area contributed by atoms with Crippen LogP contribution in [-0.2, 0) is 11.2 Å². The molecular formula is C21H21NO7. The van der Waals surface area contributed by atoms with Gasteiger partial charge in [0.2, 0.25) is 12.5 Å². The SMILES string of the molecule is COc1ccc2c(c1OC)C(=O)O[C@@H]2C1c2c(cc3c(c2O)OCO3)CCN1C. The summed E-state index contributed by atoms with van der Waals surface area (Å²) in [6.07, 6.45) is 0.138. The molecule has 0 fully saturated rings. The first-order valence-electron chi connectivity index (χ1n) is 9.35. The summed E-state index contributed by atoms with van der Waals surface area (Å²) in [4.78, 5) is 14.9. The third-order valence-electron chi connectivity index (χ3n) is 5.88. The molecule has 1 unspecified atom stereocenters. The average molecular weight is 399 g/mol. The van der Waals surface area contributed by atoms with E-state index in [9.17, 15) is 9.90 Å². The van der Waals surface area contributed by atoms with Crippen molar-refractivity contribution in [1.82, 2.24) is 4.90 Å². The molecule has 0 aliphatic carbocycles. The van der Waals surface area contributed by atoms with Crippen LogP contribution >= 0.6 is 0 Å². The molecule has 8 heteroatoms. The molecule has 2 atom stereocenters. The van der Waals surface area contributed by atoms with Gasteiger partial charge in [0, 0.05) is 17.7 Å². The minimum Gasteiger partial charge on any atom is -0.504 e. The molecule has 0 saturated heterocycles. The predicted octanol–water partition coefficient (Wildman–Crippen LogP) is 2.58. The Hall–Kier alpha value is -3.13. The van der Waals surface area contributed by atoms with E-state index >= 15 is 0 Å². The van der Waals surface area contributed by atoms with Crippen molar-refractivity contribution in [2.75, 3.05) is 34.6 Å². The van der Waals surface area contributed by atoms with E-state index in [0.717, 1.165) is 18.5 Å². The monoisotopic (exact) mass is 399 g/mol. The van der Waals surface area contributed by atoms with E-state index in [2.05, 4.69) is 4.90 Å². The quantitative estimate of drug-likeness (QED) is 0.789. The zero-order chi connectivity index (χ0) is 20.3. The van der Waals surface area contributed by atoms with E-state index in [4.69, 9.17) is 23.7 Å². The number of phenols is 1. The van der Waals surface area contributed by atoms with Crippen molar-refractivity contribution in [3.8, 4) is 28.7 Å².